The molecule has 1 fully saturated rings. The fraction of sp³-hybridized carbons (Fsp3) is 0.600. The minimum absolute atomic E-state index is 0.182. The number of hydrogen-bond donors (Lipinski definition) is 1. The van der Waals surface area contributed by atoms with Gasteiger partial charge in [0.05, 0.1) is 6.10 Å². The molecule has 0 spiro atoms. The first-order valence-electron chi connectivity index (χ1n) is 6.84. The Morgan fingerprint density at radius 2 is 2.06 bits per heavy atom. The maximum Gasteiger partial charge on any atom is 0.131 e. The molecule has 18 heavy (non-hydrogen) atoms. The van der Waals surface area contributed by atoms with Crippen molar-refractivity contribution >= 4 is 0 Å². The third kappa shape index (κ3) is 3.45. The molecule has 0 aliphatic heterocycles. The van der Waals surface area contributed by atoms with Gasteiger partial charge in [0.1, 0.15) is 11.6 Å². The molecule has 0 heterocycles. The summed E-state index contributed by atoms with van der Waals surface area (Å²) in [6.45, 7) is 4.63. The van der Waals surface area contributed by atoms with Gasteiger partial charge in [-0.1, -0.05) is 19.9 Å². The van der Waals surface area contributed by atoms with Crippen LogP contribution in [0.2, 0.25) is 0 Å². The second-order valence-electron chi connectivity index (χ2n) is 5.28. The SMILES string of the molecule is CC(C)NCc1c(F)cccc1OC1CCCC1. The van der Waals surface area contributed by atoms with Crippen molar-refractivity contribution in [2.75, 3.05) is 0 Å². The lowest BCUT2D eigenvalue weighted by Crippen LogP contribution is -2.23. The molecule has 0 saturated heterocycles. The van der Waals surface area contributed by atoms with Crippen LogP contribution in [0.15, 0.2) is 18.2 Å². The van der Waals surface area contributed by atoms with Crippen molar-refractivity contribution in [2.45, 2.75) is 58.2 Å². The van der Waals surface area contributed by atoms with Crippen LogP contribution in [0.4, 0.5) is 4.39 Å². The van der Waals surface area contributed by atoms with Crippen LogP contribution in [0.3, 0.4) is 0 Å². The largest absolute Gasteiger partial charge is 0.490 e. The van der Waals surface area contributed by atoms with Gasteiger partial charge < -0.3 is 10.1 Å². The maximum atomic E-state index is 13.9. The lowest BCUT2D eigenvalue weighted by molar-refractivity contribution is 0.206. The summed E-state index contributed by atoms with van der Waals surface area (Å²) in [7, 11) is 0. The van der Waals surface area contributed by atoms with E-state index in [2.05, 4.69) is 19.2 Å². The lowest BCUT2D eigenvalue weighted by atomic mass is 10.1. The molecule has 2 nitrogen and oxygen atoms in total. The van der Waals surface area contributed by atoms with Crippen LogP contribution in [-0.2, 0) is 6.54 Å². The van der Waals surface area contributed by atoms with Crippen molar-refractivity contribution in [3.8, 4) is 5.75 Å². The summed E-state index contributed by atoms with van der Waals surface area (Å²) < 4.78 is 19.8. The summed E-state index contributed by atoms with van der Waals surface area (Å²) in [5.74, 6) is 0.522. The summed E-state index contributed by atoms with van der Waals surface area (Å²) in [6, 6.07) is 5.43. The van der Waals surface area contributed by atoms with E-state index in [1.165, 1.54) is 18.9 Å². The van der Waals surface area contributed by atoms with E-state index in [1.807, 2.05) is 6.07 Å². The number of rotatable bonds is 5. The van der Waals surface area contributed by atoms with E-state index in [1.54, 1.807) is 6.07 Å². The van der Waals surface area contributed by atoms with Crippen LogP contribution in [0.25, 0.3) is 0 Å². The van der Waals surface area contributed by atoms with E-state index < -0.39 is 0 Å². The summed E-state index contributed by atoms with van der Waals surface area (Å²) in [5.41, 5.74) is 0.651. The monoisotopic (exact) mass is 251 g/mol. The zero-order valence-electron chi connectivity index (χ0n) is 11.2. The highest BCUT2D eigenvalue weighted by Crippen LogP contribution is 2.28. The molecule has 0 aromatic heterocycles. The number of nitrogens with one attached hydrogen (secondary N) is 1. The van der Waals surface area contributed by atoms with Crippen LogP contribution in [0.5, 0.6) is 5.75 Å². The van der Waals surface area contributed by atoms with Crippen LogP contribution in [-0.4, -0.2) is 12.1 Å². The molecule has 3 heteroatoms. The van der Waals surface area contributed by atoms with E-state index in [9.17, 15) is 4.39 Å². The van der Waals surface area contributed by atoms with Crippen molar-refractivity contribution in [3.63, 3.8) is 0 Å². The van der Waals surface area contributed by atoms with Crippen molar-refractivity contribution in [1.29, 1.82) is 0 Å². The first kappa shape index (κ1) is 13.3. The van der Waals surface area contributed by atoms with Crippen LogP contribution >= 0.6 is 0 Å². The number of hydrogen-bond acceptors (Lipinski definition) is 2. The Kier molecular flexibility index (Phi) is 4.59. The molecule has 1 aliphatic carbocycles. The molecule has 100 valence electrons. The molecule has 0 unspecified atom stereocenters. The molecule has 0 radical (unpaired) electrons. The quantitative estimate of drug-likeness (QED) is 0.862. The zero-order valence-corrected chi connectivity index (χ0v) is 11.2. The van der Waals surface area contributed by atoms with E-state index in [0.29, 0.717) is 23.9 Å². The highest BCUT2D eigenvalue weighted by atomic mass is 19.1. The third-order valence-corrected chi connectivity index (χ3v) is 3.36. The average Bonchev–Trinajstić information content (AvgIpc) is 2.81. The van der Waals surface area contributed by atoms with E-state index >= 15 is 0 Å². The normalized spacial score (nSPS) is 16.4. The molecule has 0 amide bonds. The molecule has 0 atom stereocenters. The van der Waals surface area contributed by atoms with Crippen LogP contribution in [0.1, 0.15) is 45.1 Å². The molecule has 0 bridgehead atoms. The summed E-state index contributed by atoms with van der Waals surface area (Å²) in [5, 5.41) is 3.25. The number of ether oxygens (including phenoxy) is 1. The van der Waals surface area contributed by atoms with Gasteiger partial charge in [-0.15, -0.1) is 0 Å². The van der Waals surface area contributed by atoms with Crippen molar-refractivity contribution in [1.82, 2.24) is 5.32 Å². The highest BCUT2D eigenvalue weighted by Gasteiger charge is 2.19. The minimum atomic E-state index is -0.182. The van der Waals surface area contributed by atoms with Crippen molar-refractivity contribution < 1.29 is 9.13 Å². The van der Waals surface area contributed by atoms with Crippen molar-refractivity contribution in [3.05, 3.63) is 29.6 Å². The number of halogens is 1. The molecule has 1 aromatic carbocycles. The van der Waals surface area contributed by atoms with Crippen molar-refractivity contribution in [2.24, 2.45) is 0 Å². The molecule has 2 rings (SSSR count). The fourth-order valence-corrected chi connectivity index (χ4v) is 2.31. The van der Waals surface area contributed by atoms with Gasteiger partial charge in [-0.2, -0.15) is 0 Å². The van der Waals surface area contributed by atoms with Crippen LogP contribution < -0.4 is 10.1 Å². The molecule has 1 N–H and O–H groups in total. The molecule has 1 saturated carbocycles. The van der Waals surface area contributed by atoms with Gasteiger partial charge in [0, 0.05) is 18.2 Å². The Morgan fingerprint density at radius 3 is 2.72 bits per heavy atom. The Labute approximate surface area is 109 Å². The lowest BCUT2D eigenvalue weighted by Gasteiger charge is -2.18. The predicted octanol–water partition coefficient (Wildman–Crippen LogP) is 3.65. The molecular formula is C15H22FNO. The fourth-order valence-electron chi connectivity index (χ4n) is 2.31. The zero-order chi connectivity index (χ0) is 13.0. The topological polar surface area (TPSA) is 21.3 Å². The number of benzene rings is 1. The Balaban J connectivity index is 2.09. The summed E-state index contributed by atoms with van der Waals surface area (Å²) in [4.78, 5) is 0. The maximum absolute atomic E-state index is 13.9. The Hall–Kier alpha value is -1.09. The van der Waals surface area contributed by atoms with Gasteiger partial charge >= 0.3 is 0 Å². The first-order valence-corrected chi connectivity index (χ1v) is 6.84. The van der Waals surface area contributed by atoms with E-state index in [0.717, 1.165) is 12.8 Å². The van der Waals surface area contributed by atoms with Crippen LogP contribution in [0, 0.1) is 5.82 Å². The second kappa shape index (κ2) is 6.19. The molecule has 1 aliphatic rings. The van der Waals surface area contributed by atoms with Gasteiger partial charge in [0.2, 0.25) is 0 Å². The Morgan fingerprint density at radius 1 is 1.33 bits per heavy atom. The third-order valence-electron chi connectivity index (χ3n) is 3.36. The van der Waals surface area contributed by atoms with Gasteiger partial charge in [0.15, 0.2) is 0 Å². The molecule has 1 aromatic rings. The highest BCUT2D eigenvalue weighted by molar-refractivity contribution is 5.35. The van der Waals surface area contributed by atoms with Gasteiger partial charge in [-0.05, 0) is 37.8 Å². The average molecular weight is 251 g/mol. The molecular weight excluding hydrogens is 229 g/mol. The summed E-state index contributed by atoms with van der Waals surface area (Å²) in [6.07, 6.45) is 4.89. The standard InChI is InChI=1S/C15H22FNO/c1-11(2)17-10-13-14(16)8-5-9-15(13)18-12-6-3-4-7-12/h5,8-9,11-12,17H,3-4,6-7,10H2,1-2H3. The first-order chi connectivity index (χ1) is 8.66. The smallest absolute Gasteiger partial charge is 0.131 e. The van der Waals surface area contributed by atoms with Gasteiger partial charge in [0.25, 0.3) is 0 Å². The van der Waals surface area contributed by atoms with E-state index in [-0.39, 0.29) is 11.9 Å². The van der Waals surface area contributed by atoms with E-state index in [4.69, 9.17) is 4.74 Å². The summed E-state index contributed by atoms with van der Waals surface area (Å²) >= 11 is 0. The van der Waals surface area contributed by atoms with Gasteiger partial charge in [-0.3, -0.25) is 0 Å². The van der Waals surface area contributed by atoms with Gasteiger partial charge in [-0.25, -0.2) is 4.39 Å². The Bertz CT molecular complexity index is 386. The second-order valence-corrected chi connectivity index (χ2v) is 5.28. The minimum Gasteiger partial charge on any atom is -0.490 e. The predicted molar refractivity (Wildman–Crippen MR) is 71.3 cm³/mol.